The van der Waals surface area contributed by atoms with Crippen molar-refractivity contribution < 1.29 is 14.7 Å². The largest absolute Gasteiger partial charge is 0.481 e. The molecular formula is C11H11NO3. The number of rotatable bonds is 4. The molecule has 4 nitrogen and oxygen atoms in total. The van der Waals surface area contributed by atoms with Crippen LogP contribution >= 0.6 is 0 Å². The Kier molecular flexibility index (Phi) is 3.62. The summed E-state index contributed by atoms with van der Waals surface area (Å²) in [5.41, 5.74) is 1.51. The third kappa shape index (κ3) is 3.64. The van der Waals surface area contributed by atoms with Gasteiger partial charge < -0.3 is 10.4 Å². The van der Waals surface area contributed by atoms with Crippen LogP contribution in [0.25, 0.3) is 6.08 Å². The maximum atomic E-state index is 11.1. The van der Waals surface area contributed by atoms with Gasteiger partial charge in [0.25, 0.3) is 0 Å². The Balaban J connectivity index is 2.61. The molecule has 0 bridgehead atoms. The fraction of sp³-hybridized carbons (Fsp3) is 0.0909. The number of hydrogen-bond donors (Lipinski definition) is 2. The second kappa shape index (κ2) is 4.95. The summed E-state index contributed by atoms with van der Waals surface area (Å²) in [4.78, 5) is 21.3. The zero-order valence-electron chi connectivity index (χ0n) is 8.06. The second-order valence-corrected chi connectivity index (χ2v) is 2.94. The van der Waals surface area contributed by atoms with E-state index in [0.717, 1.165) is 5.56 Å². The van der Waals surface area contributed by atoms with Gasteiger partial charge in [-0.25, -0.2) is 0 Å². The maximum Gasteiger partial charge on any atom is 0.312 e. The van der Waals surface area contributed by atoms with E-state index >= 15 is 0 Å². The van der Waals surface area contributed by atoms with Crippen molar-refractivity contribution in [2.75, 3.05) is 5.32 Å². The van der Waals surface area contributed by atoms with Crippen molar-refractivity contribution in [1.82, 2.24) is 0 Å². The Morgan fingerprint density at radius 2 is 1.93 bits per heavy atom. The number of anilines is 1. The normalized spacial score (nSPS) is 9.33. The number of carboxylic acids is 1. The van der Waals surface area contributed by atoms with E-state index in [9.17, 15) is 9.59 Å². The molecule has 0 unspecified atom stereocenters. The van der Waals surface area contributed by atoms with Crippen LogP contribution in [-0.2, 0) is 9.59 Å². The molecule has 0 atom stereocenters. The van der Waals surface area contributed by atoms with Gasteiger partial charge in [0.2, 0.25) is 5.91 Å². The highest BCUT2D eigenvalue weighted by atomic mass is 16.4. The van der Waals surface area contributed by atoms with Crippen LogP contribution in [0, 0.1) is 0 Å². The van der Waals surface area contributed by atoms with E-state index in [1.54, 1.807) is 30.3 Å². The molecule has 0 saturated carbocycles. The van der Waals surface area contributed by atoms with E-state index < -0.39 is 18.3 Å². The number of carbonyl (C=O) groups excluding carboxylic acids is 1. The van der Waals surface area contributed by atoms with Crippen LogP contribution in [0.3, 0.4) is 0 Å². The molecule has 0 fully saturated rings. The van der Waals surface area contributed by atoms with E-state index in [1.807, 2.05) is 0 Å². The molecule has 0 aliphatic carbocycles. The van der Waals surface area contributed by atoms with Crippen LogP contribution in [0.2, 0.25) is 0 Å². The standard InChI is InChI=1S/C11H11NO3/c1-2-8-3-5-9(6-4-8)12-10(13)7-11(14)15/h2-6H,1,7H2,(H,12,13)(H,14,15). The van der Waals surface area contributed by atoms with Gasteiger partial charge in [-0.3, -0.25) is 9.59 Å². The van der Waals surface area contributed by atoms with Crippen LogP contribution < -0.4 is 5.32 Å². The van der Waals surface area contributed by atoms with Crippen LogP contribution in [0.15, 0.2) is 30.8 Å². The Morgan fingerprint density at radius 3 is 2.40 bits per heavy atom. The summed E-state index contributed by atoms with van der Waals surface area (Å²) in [6.45, 7) is 3.60. The minimum atomic E-state index is -1.14. The van der Waals surface area contributed by atoms with Crippen molar-refractivity contribution in [3.05, 3.63) is 36.4 Å². The van der Waals surface area contributed by atoms with Crippen molar-refractivity contribution in [1.29, 1.82) is 0 Å². The highest BCUT2D eigenvalue weighted by molar-refractivity contribution is 6.01. The third-order valence-electron chi connectivity index (χ3n) is 1.74. The van der Waals surface area contributed by atoms with Gasteiger partial charge in [-0.15, -0.1) is 0 Å². The molecule has 0 spiro atoms. The molecule has 1 aromatic rings. The molecule has 0 aromatic heterocycles. The number of hydrogen-bond acceptors (Lipinski definition) is 2. The summed E-state index contributed by atoms with van der Waals surface area (Å²) < 4.78 is 0. The summed E-state index contributed by atoms with van der Waals surface area (Å²) >= 11 is 0. The minimum Gasteiger partial charge on any atom is -0.481 e. The molecule has 0 aliphatic rings. The maximum absolute atomic E-state index is 11.1. The predicted molar refractivity (Wildman–Crippen MR) is 57.4 cm³/mol. The van der Waals surface area contributed by atoms with Crippen LogP contribution in [-0.4, -0.2) is 17.0 Å². The molecule has 0 saturated heterocycles. The van der Waals surface area contributed by atoms with E-state index in [-0.39, 0.29) is 0 Å². The SMILES string of the molecule is C=Cc1ccc(NC(=O)CC(=O)O)cc1. The summed E-state index contributed by atoms with van der Waals surface area (Å²) in [6, 6.07) is 6.94. The first-order chi connectivity index (χ1) is 7.11. The molecule has 78 valence electrons. The van der Waals surface area contributed by atoms with Crippen molar-refractivity contribution in [3.8, 4) is 0 Å². The van der Waals surface area contributed by atoms with E-state index in [1.165, 1.54) is 0 Å². The van der Waals surface area contributed by atoms with Crippen LogP contribution in [0.1, 0.15) is 12.0 Å². The van der Waals surface area contributed by atoms with Gasteiger partial charge in [0.15, 0.2) is 0 Å². The van der Waals surface area contributed by atoms with Crippen LogP contribution in [0.5, 0.6) is 0 Å². The highest BCUT2D eigenvalue weighted by Gasteiger charge is 2.06. The van der Waals surface area contributed by atoms with E-state index in [0.29, 0.717) is 5.69 Å². The zero-order chi connectivity index (χ0) is 11.3. The lowest BCUT2D eigenvalue weighted by Crippen LogP contribution is -2.15. The van der Waals surface area contributed by atoms with Gasteiger partial charge in [-0.05, 0) is 17.7 Å². The number of nitrogens with one attached hydrogen (secondary N) is 1. The molecule has 1 aromatic carbocycles. The van der Waals surface area contributed by atoms with Crippen LogP contribution in [0.4, 0.5) is 5.69 Å². The third-order valence-corrected chi connectivity index (χ3v) is 1.74. The summed E-state index contributed by atoms with van der Waals surface area (Å²) in [6.07, 6.45) is 1.16. The van der Waals surface area contributed by atoms with Gasteiger partial charge in [0.05, 0.1) is 0 Å². The Hall–Kier alpha value is -2.10. The smallest absolute Gasteiger partial charge is 0.312 e. The predicted octanol–water partition coefficient (Wildman–Crippen LogP) is 1.74. The number of benzene rings is 1. The minimum absolute atomic E-state index is 0.525. The van der Waals surface area contributed by atoms with Crippen molar-refractivity contribution >= 4 is 23.6 Å². The zero-order valence-corrected chi connectivity index (χ0v) is 8.06. The quantitative estimate of drug-likeness (QED) is 0.736. The van der Waals surface area contributed by atoms with Gasteiger partial charge >= 0.3 is 5.97 Å². The lowest BCUT2D eigenvalue weighted by Gasteiger charge is -2.03. The fourth-order valence-corrected chi connectivity index (χ4v) is 1.05. The second-order valence-electron chi connectivity index (χ2n) is 2.94. The summed E-state index contributed by atoms with van der Waals surface area (Å²) in [5, 5.41) is 10.8. The molecular weight excluding hydrogens is 194 g/mol. The summed E-state index contributed by atoms with van der Waals surface area (Å²) in [5.74, 6) is -1.68. The molecule has 0 radical (unpaired) electrons. The van der Waals surface area contributed by atoms with Gasteiger partial charge in [0.1, 0.15) is 6.42 Å². The average molecular weight is 205 g/mol. The monoisotopic (exact) mass is 205 g/mol. The number of amides is 1. The Morgan fingerprint density at radius 1 is 1.33 bits per heavy atom. The lowest BCUT2D eigenvalue weighted by molar-refractivity contribution is -0.139. The molecule has 1 amide bonds. The van der Waals surface area contributed by atoms with Gasteiger partial charge in [-0.2, -0.15) is 0 Å². The van der Waals surface area contributed by atoms with Gasteiger partial charge in [0, 0.05) is 5.69 Å². The van der Waals surface area contributed by atoms with Gasteiger partial charge in [-0.1, -0.05) is 24.8 Å². The topological polar surface area (TPSA) is 66.4 Å². The number of carbonyl (C=O) groups is 2. The molecule has 1 rings (SSSR count). The molecule has 0 aliphatic heterocycles. The van der Waals surface area contributed by atoms with Crippen molar-refractivity contribution in [2.24, 2.45) is 0 Å². The lowest BCUT2D eigenvalue weighted by atomic mass is 10.2. The number of aliphatic carboxylic acids is 1. The Bertz CT molecular complexity index is 381. The Labute approximate surface area is 87.2 Å². The first-order valence-electron chi connectivity index (χ1n) is 4.36. The van der Waals surface area contributed by atoms with E-state index in [2.05, 4.69) is 11.9 Å². The summed E-state index contributed by atoms with van der Waals surface area (Å²) in [7, 11) is 0. The van der Waals surface area contributed by atoms with Crippen molar-refractivity contribution in [3.63, 3.8) is 0 Å². The van der Waals surface area contributed by atoms with Crippen molar-refractivity contribution in [2.45, 2.75) is 6.42 Å². The first kappa shape index (κ1) is 11.0. The molecule has 15 heavy (non-hydrogen) atoms. The van der Waals surface area contributed by atoms with E-state index in [4.69, 9.17) is 5.11 Å². The highest BCUT2D eigenvalue weighted by Crippen LogP contribution is 2.10. The molecule has 4 heteroatoms. The average Bonchev–Trinajstić information content (AvgIpc) is 2.17. The molecule has 2 N–H and O–H groups in total. The number of carboxylic acid groups (broad SMARTS) is 1. The fourth-order valence-electron chi connectivity index (χ4n) is 1.05. The first-order valence-corrected chi connectivity index (χ1v) is 4.36. The molecule has 0 heterocycles.